The third-order valence-electron chi connectivity index (χ3n) is 5.54. The molecule has 2 bridgehead atoms. The first-order chi connectivity index (χ1) is 11.3. The second-order valence-electron chi connectivity index (χ2n) is 6.90. The molecule has 0 saturated carbocycles. The third kappa shape index (κ3) is 2.63. The highest BCUT2D eigenvalue weighted by Crippen LogP contribution is 2.41. The van der Waals surface area contributed by atoms with E-state index in [4.69, 9.17) is 9.72 Å². The number of methoxy groups -OCH3 is 1. The molecule has 120 valence electrons. The third-order valence-corrected chi connectivity index (χ3v) is 5.54. The summed E-state index contributed by atoms with van der Waals surface area (Å²) in [4.78, 5) is 7.40. The van der Waals surface area contributed by atoms with Crippen molar-refractivity contribution in [2.24, 2.45) is 0 Å². The molecule has 3 nitrogen and oxygen atoms in total. The number of rotatable bonds is 3. The van der Waals surface area contributed by atoms with Crippen molar-refractivity contribution in [3.8, 4) is 17.0 Å². The van der Waals surface area contributed by atoms with Gasteiger partial charge < -0.3 is 9.64 Å². The molecule has 0 N–H and O–H groups in total. The van der Waals surface area contributed by atoms with Crippen LogP contribution in [0.3, 0.4) is 0 Å². The summed E-state index contributed by atoms with van der Waals surface area (Å²) in [7, 11) is 1.71. The molecule has 0 amide bonds. The monoisotopic (exact) mass is 308 g/mol. The van der Waals surface area contributed by atoms with Crippen LogP contribution in [-0.4, -0.2) is 36.6 Å². The second-order valence-corrected chi connectivity index (χ2v) is 6.90. The summed E-state index contributed by atoms with van der Waals surface area (Å²) >= 11 is 0. The molecule has 3 heterocycles. The van der Waals surface area contributed by atoms with Crippen LogP contribution in [-0.2, 0) is 5.41 Å². The first kappa shape index (κ1) is 14.7. The molecule has 2 aromatic rings. The molecule has 0 unspecified atom stereocenters. The summed E-state index contributed by atoms with van der Waals surface area (Å²) in [6.07, 6.45) is 7.34. The maximum absolute atomic E-state index is 5.46. The molecule has 0 spiro atoms. The lowest BCUT2D eigenvalue weighted by Crippen LogP contribution is -2.50. The number of piperidine rings is 2. The van der Waals surface area contributed by atoms with Crippen molar-refractivity contribution in [3.63, 3.8) is 0 Å². The average molecular weight is 308 g/mol. The van der Waals surface area contributed by atoms with Gasteiger partial charge in [-0.1, -0.05) is 18.2 Å². The summed E-state index contributed by atoms with van der Waals surface area (Å²) < 4.78 is 5.46. The van der Waals surface area contributed by atoms with Crippen LogP contribution in [0.5, 0.6) is 5.75 Å². The van der Waals surface area contributed by atoms with E-state index in [2.05, 4.69) is 29.3 Å². The van der Waals surface area contributed by atoms with E-state index in [0.717, 1.165) is 17.0 Å². The minimum Gasteiger partial charge on any atom is -0.496 e. The Balaban J connectivity index is 1.65. The molecule has 2 fully saturated rings. The number of pyridine rings is 1. The van der Waals surface area contributed by atoms with Gasteiger partial charge in [-0.15, -0.1) is 0 Å². The molecule has 0 radical (unpaired) electrons. The molecule has 1 aromatic carbocycles. The standard InChI is InChI=1S/C20H24N2O/c1-23-19-7-3-2-6-17(19)18-9-8-16(14-21-18)20-10-4-12-22(15-20)13-5-11-20/h2-3,6-9,14H,4-5,10-13,15H2,1H3. The van der Waals surface area contributed by atoms with Crippen LogP contribution in [0.4, 0.5) is 0 Å². The molecule has 2 saturated heterocycles. The molecule has 0 atom stereocenters. The lowest BCUT2D eigenvalue weighted by atomic mass is 9.69. The van der Waals surface area contributed by atoms with E-state index in [0.29, 0.717) is 5.41 Å². The first-order valence-corrected chi connectivity index (χ1v) is 8.63. The number of aromatic nitrogens is 1. The van der Waals surface area contributed by atoms with E-state index >= 15 is 0 Å². The number of hydrogen-bond acceptors (Lipinski definition) is 3. The molecular weight excluding hydrogens is 284 g/mol. The Kier molecular flexibility index (Phi) is 3.82. The second kappa shape index (κ2) is 5.97. The molecule has 4 rings (SSSR count). The van der Waals surface area contributed by atoms with Gasteiger partial charge in [0.05, 0.1) is 12.8 Å². The van der Waals surface area contributed by atoms with E-state index in [-0.39, 0.29) is 0 Å². The topological polar surface area (TPSA) is 25.4 Å². The van der Waals surface area contributed by atoms with Gasteiger partial charge in [0.1, 0.15) is 5.75 Å². The Morgan fingerprint density at radius 1 is 1.04 bits per heavy atom. The normalized spacial score (nSPS) is 26.7. The number of fused-ring (bicyclic) bond motifs is 2. The summed E-state index contributed by atoms with van der Waals surface area (Å²) in [6, 6.07) is 12.5. The van der Waals surface area contributed by atoms with Crippen LogP contribution in [0, 0.1) is 0 Å². The fourth-order valence-electron chi connectivity index (χ4n) is 4.37. The van der Waals surface area contributed by atoms with Crippen molar-refractivity contribution < 1.29 is 4.74 Å². The van der Waals surface area contributed by atoms with Crippen LogP contribution in [0.2, 0.25) is 0 Å². The fraction of sp³-hybridized carbons (Fsp3) is 0.450. The van der Waals surface area contributed by atoms with E-state index in [1.54, 1.807) is 7.11 Å². The van der Waals surface area contributed by atoms with E-state index in [1.165, 1.54) is 50.9 Å². The van der Waals surface area contributed by atoms with Gasteiger partial charge in [0, 0.05) is 23.7 Å². The van der Waals surface area contributed by atoms with Crippen molar-refractivity contribution in [3.05, 3.63) is 48.2 Å². The van der Waals surface area contributed by atoms with E-state index in [1.807, 2.05) is 18.2 Å². The highest BCUT2D eigenvalue weighted by atomic mass is 16.5. The van der Waals surface area contributed by atoms with Gasteiger partial charge in [-0.2, -0.15) is 0 Å². The highest BCUT2D eigenvalue weighted by Gasteiger charge is 2.39. The van der Waals surface area contributed by atoms with Gasteiger partial charge in [-0.3, -0.25) is 4.98 Å². The number of hydrogen-bond donors (Lipinski definition) is 0. The van der Waals surface area contributed by atoms with Crippen molar-refractivity contribution in [2.45, 2.75) is 31.1 Å². The van der Waals surface area contributed by atoms with E-state index in [9.17, 15) is 0 Å². The zero-order chi connectivity index (χ0) is 15.7. The van der Waals surface area contributed by atoms with Crippen molar-refractivity contribution in [1.29, 1.82) is 0 Å². The van der Waals surface area contributed by atoms with Crippen LogP contribution < -0.4 is 4.74 Å². The maximum atomic E-state index is 5.46. The summed E-state index contributed by atoms with van der Waals surface area (Å²) in [5.41, 5.74) is 3.81. The summed E-state index contributed by atoms with van der Waals surface area (Å²) in [6.45, 7) is 3.76. The highest BCUT2D eigenvalue weighted by molar-refractivity contribution is 5.67. The number of ether oxygens (including phenoxy) is 1. The summed E-state index contributed by atoms with van der Waals surface area (Å²) in [5, 5.41) is 0. The zero-order valence-electron chi connectivity index (χ0n) is 13.8. The molecule has 23 heavy (non-hydrogen) atoms. The number of para-hydroxylation sites is 1. The Labute approximate surface area is 138 Å². The van der Waals surface area contributed by atoms with Crippen molar-refractivity contribution >= 4 is 0 Å². The van der Waals surface area contributed by atoms with Crippen LogP contribution >= 0.6 is 0 Å². The lowest BCUT2D eigenvalue weighted by molar-refractivity contribution is 0.0941. The zero-order valence-corrected chi connectivity index (χ0v) is 13.8. The Bertz CT molecular complexity index is 670. The molecule has 3 heteroatoms. The van der Waals surface area contributed by atoms with Gasteiger partial charge in [0.15, 0.2) is 0 Å². The molecule has 1 aromatic heterocycles. The van der Waals surface area contributed by atoms with Crippen molar-refractivity contribution in [1.82, 2.24) is 9.88 Å². The van der Waals surface area contributed by atoms with Gasteiger partial charge in [0.2, 0.25) is 0 Å². The summed E-state index contributed by atoms with van der Waals surface area (Å²) in [5.74, 6) is 0.882. The largest absolute Gasteiger partial charge is 0.496 e. The van der Waals surface area contributed by atoms with Gasteiger partial charge in [-0.05, 0) is 62.5 Å². The van der Waals surface area contributed by atoms with Crippen LogP contribution in [0.1, 0.15) is 31.2 Å². The fourth-order valence-corrected chi connectivity index (χ4v) is 4.37. The van der Waals surface area contributed by atoms with Gasteiger partial charge in [-0.25, -0.2) is 0 Å². The van der Waals surface area contributed by atoms with E-state index < -0.39 is 0 Å². The molecule has 0 aliphatic carbocycles. The van der Waals surface area contributed by atoms with Gasteiger partial charge in [0.25, 0.3) is 0 Å². The van der Waals surface area contributed by atoms with Crippen LogP contribution in [0.15, 0.2) is 42.6 Å². The van der Waals surface area contributed by atoms with Gasteiger partial charge >= 0.3 is 0 Å². The molecule has 2 aliphatic heterocycles. The van der Waals surface area contributed by atoms with Crippen molar-refractivity contribution in [2.75, 3.05) is 26.7 Å². The smallest absolute Gasteiger partial charge is 0.128 e. The predicted octanol–water partition coefficient (Wildman–Crippen LogP) is 3.88. The molecule has 2 aliphatic rings. The Morgan fingerprint density at radius 2 is 1.83 bits per heavy atom. The molecular formula is C20H24N2O. The minimum atomic E-state index is 0.336. The predicted molar refractivity (Wildman–Crippen MR) is 92.8 cm³/mol. The first-order valence-electron chi connectivity index (χ1n) is 8.63. The average Bonchev–Trinajstić information content (AvgIpc) is 2.62. The lowest BCUT2D eigenvalue weighted by Gasteiger charge is -2.47. The minimum absolute atomic E-state index is 0.336. The SMILES string of the molecule is COc1ccccc1-c1ccc(C23CCCN(CCC2)C3)cn1. The quantitative estimate of drug-likeness (QED) is 0.860. The number of benzene rings is 1. The van der Waals surface area contributed by atoms with Crippen LogP contribution in [0.25, 0.3) is 11.3 Å². The Hall–Kier alpha value is -1.87. The Morgan fingerprint density at radius 3 is 2.52 bits per heavy atom. The number of nitrogens with zero attached hydrogens (tertiary/aromatic N) is 2. The maximum Gasteiger partial charge on any atom is 0.128 e.